The van der Waals surface area contributed by atoms with Gasteiger partial charge in [-0.2, -0.15) is 0 Å². The second-order valence-electron chi connectivity index (χ2n) is 12.9. The Morgan fingerprint density at radius 3 is 2.02 bits per heavy atom. The van der Waals surface area contributed by atoms with Gasteiger partial charge in [0.2, 0.25) is 0 Å². The van der Waals surface area contributed by atoms with Crippen molar-refractivity contribution in [2.45, 2.75) is 35.3 Å². The number of likely N-dealkylation sites (N-methyl/N-ethyl adjacent to an activating group) is 1. The molecule has 13 nitrogen and oxygen atoms in total. The molecule has 1 heterocycles. The lowest BCUT2D eigenvalue weighted by Crippen LogP contribution is -2.49. The Labute approximate surface area is 331 Å². The van der Waals surface area contributed by atoms with Crippen molar-refractivity contribution in [1.29, 1.82) is 0 Å². The predicted molar refractivity (Wildman–Crippen MR) is 207 cm³/mol. The number of nitrogens with zero attached hydrogens (tertiary/aromatic N) is 4. The van der Waals surface area contributed by atoms with Gasteiger partial charge in [0.05, 0.1) is 39.8 Å². The van der Waals surface area contributed by atoms with E-state index in [-0.39, 0.29) is 28.2 Å². The summed E-state index contributed by atoms with van der Waals surface area (Å²) in [6.45, 7) is -1.26. The third-order valence-electron chi connectivity index (χ3n) is 9.29. The first-order valence-corrected chi connectivity index (χ1v) is 18.4. The van der Waals surface area contributed by atoms with E-state index < -0.39 is 60.9 Å². The van der Waals surface area contributed by atoms with Crippen LogP contribution in [0.15, 0.2) is 84.1 Å². The van der Waals surface area contributed by atoms with E-state index in [0.29, 0.717) is 39.4 Å². The van der Waals surface area contributed by atoms with Gasteiger partial charge in [0.1, 0.15) is 41.9 Å². The zero-order valence-corrected chi connectivity index (χ0v) is 32.5. The summed E-state index contributed by atoms with van der Waals surface area (Å²) in [5, 5.41) is 49.1. The molecule has 0 saturated carbocycles. The number of hydrogen-bond donors (Lipinski definition) is 5. The second kappa shape index (κ2) is 18.8. The van der Waals surface area contributed by atoms with E-state index >= 15 is 8.78 Å². The third kappa shape index (κ3) is 9.47. The number of thioether (sulfide) groups is 1. The lowest BCUT2D eigenvalue weighted by Gasteiger charge is -2.28. The van der Waals surface area contributed by atoms with E-state index in [4.69, 9.17) is 19.3 Å². The van der Waals surface area contributed by atoms with E-state index in [9.17, 15) is 29.6 Å². The molecule has 0 aliphatic heterocycles. The smallest absolute Gasteiger partial charge is 0.253 e. The molecular formula is C40H43F3N4O9S. The molecule has 5 rings (SSSR count). The van der Waals surface area contributed by atoms with Gasteiger partial charge in [0, 0.05) is 55.3 Å². The maximum absolute atomic E-state index is 15.7. The van der Waals surface area contributed by atoms with Gasteiger partial charge in [-0.1, -0.05) is 23.9 Å². The number of benzene rings is 4. The summed E-state index contributed by atoms with van der Waals surface area (Å²) in [4.78, 5) is 20.5. The number of aliphatic hydroxyl groups is 5. The molecule has 0 aliphatic carbocycles. The van der Waals surface area contributed by atoms with Gasteiger partial charge in [0.15, 0.2) is 28.2 Å². The van der Waals surface area contributed by atoms with Crippen molar-refractivity contribution >= 4 is 29.2 Å². The minimum Gasteiger partial charge on any atom is -0.494 e. The van der Waals surface area contributed by atoms with Crippen molar-refractivity contribution in [3.8, 4) is 34.1 Å². The highest BCUT2D eigenvalue weighted by Crippen LogP contribution is 2.38. The molecule has 0 aliphatic rings. The maximum atomic E-state index is 15.7. The SMILES string of the molecule is COc1cc(-n2c(N(C)c3ccc(OC)c(OC)c3)cnc2SCc2c(F)cc(-c3ccc(C(=O)N(C)C[C@H](O)[C@@H](O)[C@H](O)[C@H](O)CO)cc3)cc2F)ccc1F. The summed E-state index contributed by atoms with van der Waals surface area (Å²) in [7, 11) is 7.53. The standard InChI is InChI=1S/C40H43F3N4O9S/c1-45(19-31(49)37(51)38(52)32(50)20-48)39(53)23-8-6-22(7-9-23)24-14-29(42)27(30(43)15-24)21-57-40-44-18-36(47(40)26-10-12-28(41)34(17-26)55-4)46(2)25-11-13-33(54-3)35(16-25)56-5/h6-18,31-32,37-38,48-52H,19-21H2,1-5H3/t31-,32+,37+,38+/m0/s1. The molecule has 0 spiro atoms. The molecule has 304 valence electrons. The van der Waals surface area contributed by atoms with E-state index in [0.717, 1.165) is 16.7 Å². The van der Waals surface area contributed by atoms with Crippen molar-refractivity contribution in [1.82, 2.24) is 14.5 Å². The molecule has 5 aromatic rings. The van der Waals surface area contributed by atoms with Gasteiger partial charge in [-0.15, -0.1) is 0 Å². The van der Waals surface area contributed by atoms with Gasteiger partial charge in [0.25, 0.3) is 5.91 Å². The number of imidazole rings is 1. The van der Waals surface area contributed by atoms with Crippen LogP contribution in [-0.2, 0) is 5.75 Å². The van der Waals surface area contributed by atoms with E-state index in [1.165, 1.54) is 83.0 Å². The number of aliphatic hydroxyl groups excluding tert-OH is 5. The molecule has 4 aromatic carbocycles. The zero-order valence-electron chi connectivity index (χ0n) is 31.6. The highest BCUT2D eigenvalue weighted by atomic mass is 32.2. The van der Waals surface area contributed by atoms with Crippen LogP contribution in [0.25, 0.3) is 16.8 Å². The number of carbonyl (C=O) groups excluding carboxylic acids is 1. The Kier molecular flexibility index (Phi) is 14.1. The molecule has 1 amide bonds. The molecule has 0 fully saturated rings. The van der Waals surface area contributed by atoms with Crippen molar-refractivity contribution in [2.24, 2.45) is 0 Å². The van der Waals surface area contributed by atoms with E-state index in [1.807, 2.05) is 11.0 Å². The van der Waals surface area contributed by atoms with Crippen LogP contribution in [-0.4, -0.2) is 119 Å². The Balaban J connectivity index is 1.36. The Bertz CT molecular complexity index is 2150. The van der Waals surface area contributed by atoms with Gasteiger partial charge < -0.3 is 49.5 Å². The van der Waals surface area contributed by atoms with Crippen LogP contribution in [0.1, 0.15) is 15.9 Å². The molecule has 1 aromatic heterocycles. The van der Waals surface area contributed by atoms with Gasteiger partial charge in [-0.3, -0.25) is 9.36 Å². The van der Waals surface area contributed by atoms with Crippen molar-refractivity contribution in [3.63, 3.8) is 0 Å². The molecule has 0 unspecified atom stereocenters. The fourth-order valence-electron chi connectivity index (χ4n) is 5.97. The number of halogens is 3. The molecule has 0 radical (unpaired) electrons. The highest BCUT2D eigenvalue weighted by molar-refractivity contribution is 7.98. The number of hydrogen-bond acceptors (Lipinski definition) is 12. The molecule has 4 atom stereocenters. The molecule has 0 bridgehead atoms. The van der Waals surface area contributed by atoms with Crippen LogP contribution in [0, 0.1) is 17.5 Å². The van der Waals surface area contributed by atoms with Crippen LogP contribution >= 0.6 is 11.8 Å². The van der Waals surface area contributed by atoms with Crippen LogP contribution < -0.4 is 19.1 Å². The minimum absolute atomic E-state index is 0.0137. The first-order valence-electron chi connectivity index (χ1n) is 17.4. The summed E-state index contributed by atoms with van der Waals surface area (Å²) in [6.07, 6.45) is -5.44. The first kappa shape index (κ1) is 42.8. The maximum Gasteiger partial charge on any atom is 0.253 e. The lowest BCUT2D eigenvalue weighted by molar-refractivity contribution is -0.117. The normalized spacial score (nSPS) is 13.4. The summed E-state index contributed by atoms with van der Waals surface area (Å²) in [5.74, 6) is -1.40. The second-order valence-corrected chi connectivity index (χ2v) is 13.9. The number of ether oxygens (including phenoxy) is 3. The number of anilines is 2. The van der Waals surface area contributed by atoms with Crippen LogP contribution in [0.4, 0.5) is 24.7 Å². The number of aromatic nitrogens is 2. The average molecular weight is 813 g/mol. The van der Waals surface area contributed by atoms with Gasteiger partial charge in [-0.25, -0.2) is 18.2 Å². The van der Waals surface area contributed by atoms with Crippen LogP contribution in [0.5, 0.6) is 17.2 Å². The van der Waals surface area contributed by atoms with Crippen molar-refractivity contribution in [2.75, 3.05) is 53.5 Å². The molecule has 0 saturated heterocycles. The van der Waals surface area contributed by atoms with Gasteiger partial charge in [-0.05, 0) is 59.7 Å². The van der Waals surface area contributed by atoms with Crippen LogP contribution in [0.2, 0.25) is 0 Å². The summed E-state index contributed by atoms with van der Waals surface area (Å²) >= 11 is 1.06. The molecule has 57 heavy (non-hydrogen) atoms. The highest BCUT2D eigenvalue weighted by Gasteiger charge is 2.31. The van der Waals surface area contributed by atoms with E-state index in [1.54, 1.807) is 29.9 Å². The summed E-state index contributed by atoms with van der Waals surface area (Å²) in [5.41, 5.74) is 1.74. The first-order chi connectivity index (χ1) is 27.2. The third-order valence-corrected chi connectivity index (χ3v) is 10.3. The Hall–Kier alpha value is -5.30. The average Bonchev–Trinajstić information content (AvgIpc) is 3.65. The van der Waals surface area contributed by atoms with Gasteiger partial charge >= 0.3 is 0 Å². The minimum atomic E-state index is -1.84. The molecule has 5 N–H and O–H groups in total. The quantitative estimate of drug-likeness (QED) is 0.0833. The van der Waals surface area contributed by atoms with E-state index in [2.05, 4.69) is 4.98 Å². The number of rotatable bonds is 17. The largest absolute Gasteiger partial charge is 0.494 e. The number of amides is 1. The lowest BCUT2D eigenvalue weighted by atomic mass is 10.0. The predicted octanol–water partition coefficient (Wildman–Crippen LogP) is 4.55. The Morgan fingerprint density at radius 1 is 0.772 bits per heavy atom. The zero-order chi connectivity index (χ0) is 41.6. The Morgan fingerprint density at radius 2 is 1.40 bits per heavy atom. The van der Waals surface area contributed by atoms with Crippen molar-refractivity contribution < 1.29 is 57.7 Å². The van der Waals surface area contributed by atoms with Crippen molar-refractivity contribution in [3.05, 3.63) is 108 Å². The topological polar surface area (TPSA) is 170 Å². The monoisotopic (exact) mass is 812 g/mol. The fraction of sp³-hybridized carbons (Fsp3) is 0.300. The van der Waals surface area contributed by atoms with Crippen LogP contribution in [0.3, 0.4) is 0 Å². The number of methoxy groups -OCH3 is 3. The summed E-state index contributed by atoms with van der Waals surface area (Å²) in [6, 6.07) is 17.8. The molecule has 17 heteroatoms. The molecular weight excluding hydrogens is 770 g/mol. The summed E-state index contributed by atoms with van der Waals surface area (Å²) < 4.78 is 63.6. The fourth-order valence-corrected chi connectivity index (χ4v) is 6.97. The number of carbonyl (C=O) groups is 1.